The lowest BCUT2D eigenvalue weighted by molar-refractivity contribution is -0.133. The van der Waals surface area contributed by atoms with Crippen LogP contribution in [-0.4, -0.2) is 58.8 Å². The van der Waals surface area contributed by atoms with E-state index in [1.807, 2.05) is 17.0 Å². The van der Waals surface area contributed by atoms with Gasteiger partial charge in [0.25, 0.3) is 0 Å². The van der Waals surface area contributed by atoms with Crippen LogP contribution in [0.1, 0.15) is 38.2 Å². The summed E-state index contributed by atoms with van der Waals surface area (Å²) in [6.07, 6.45) is 8.17. The highest BCUT2D eigenvalue weighted by Gasteiger charge is 2.36. The summed E-state index contributed by atoms with van der Waals surface area (Å²) in [6.45, 7) is 5.16. The zero-order chi connectivity index (χ0) is 17.6. The Morgan fingerprint density at radius 1 is 1.16 bits per heavy atom. The lowest BCUT2D eigenvalue weighted by atomic mass is 9.95. The van der Waals surface area contributed by atoms with E-state index in [2.05, 4.69) is 15.2 Å². The van der Waals surface area contributed by atoms with Crippen molar-refractivity contribution in [1.82, 2.24) is 20.1 Å². The summed E-state index contributed by atoms with van der Waals surface area (Å²) in [6, 6.07) is 3.78. The summed E-state index contributed by atoms with van der Waals surface area (Å²) in [5.74, 6) is 0.681. The van der Waals surface area contributed by atoms with Crippen molar-refractivity contribution in [2.45, 2.75) is 45.2 Å². The number of carbonyl (C=O) groups is 2. The number of amides is 2. The van der Waals surface area contributed by atoms with Gasteiger partial charge in [0.05, 0.1) is 6.04 Å². The molecule has 6 heteroatoms. The second-order valence-corrected chi connectivity index (χ2v) is 7.10. The summed E-state index contributed by atoms with van der Waals surface area (Å²) < 4.78 is 0. The summed E-state index contributed by atoms with van der Waals surface area (Å²) in [5, 5.41) is 3.12. The van der Waals surface area contributed by atoms with E-state index in [0.29, 0.717) is 12.5 Å². The molecule has 1 unspecified atom stereocenters. The van der Waals surface area contributed by atoms with Crippen molar-refractivity contribution in [1.29, 1.82) is 0 Å². The van der Waals surface area contributed by atoms with E-state index in [9.17, 15) is 9.59 Å². The molecule has 1 aliphatic carbocycles. The highest BCUT2D eigenvalue weighted by molar-refractivity contribution is 5.82. The lowest BCUT2D eigenvalue weighted by Crippen LogP contribution is -2.57. The molecule has 25 heavy (non-hydrogen) atoms. The minimum Gasteiger partial charge on any atom is -0.351 e. The molecule has 1 aromatic heterocycles. The fourth-order valence-corrected chi connectivity index (χ4v) is 4.06. The van der Waals surface area contributed by atoms with Crippen LogP contribution in [0.25, 0.3) is 0 Å². The summed E-state index contributed by atoms with van der Waals surface area (Å²) >= 11 is 0. The Morgan fingerprint density at radius 2 is 1.80 bits per heavy atom. The average Bonchev–Trinajstić information content (AvgIpc) is 3.16. The van der Waals surface area contributed by atoms with Crippen molar-refractivity contribution in [2.75, 3.05) is 26.2 Å². The fourth-order valence-electron chi connectivity index (χ4n) is 4.06. The predicted molar refractivity (Wildman–Crippen MR) is 95.7 cm³/mol. The topological polar surface area (TPSA) is 65.5 Å². The van der Waals surface area contributed by atoms with Gasteiger partial charge in [-0.1, -0.05) is 12.8 Å². The maximum absolute atomic E-state index is 13.0. The van der Waals surface area contributed by atoms with E-state index in [1.165, 1.54) is 12.8 Å². The molecule has 1 aliphatic heterocycles. The lowest BCUT2D eigenvalue weighted by Gasteiger charge is -2.40. The Balaban J connectivity index is 1.63. The predicted octanol–water partition coefficient (Wildman–Crippen LogP) is 1.42. The monoisotopic (exact) mass is 344 g/mol. The normalized spacial score (nSPS) is 20.4. The van der Waals surface area contributed by atoms with E-state index >= 15 is 0 Å². The Bertz CT molecular complexity index is 578. The molecule has 1 N–H and O–H groups in total. The van der Waals surface area contributed by atoms with Crippen LogP contribution in [0, 0.1) is 5.92 Å². The number of pyridine rings is 1. The van der Waals surface area contributed by atoms with Crippen molar-refractivity contribution in [2.24, 2.45) is 5.92 Å². The third-order valence-electron chi connectivity index (χ3n) is 5.48. The van der Waals surface area contributed by atoms with Gasteiger partial charge < -0.3 is 10.2 Å². The number of carbonyl (C=O) groups excluding carboxylic acids is 2. The van der Waals surface area contributed by atoms with Gasteiger partial charge in [0, 0.05) is 52.0 Å². The number of hydrogen-bond donors (Lipinski definition) is 1. The molecule has 0 radical (unpaired) electrons. The van der Waals surface area contributed by atoms with E-state index in [-0.39, 0.29) is 17.9 Å². The van der Waals surface area contributed by atoms with Crippen LogP contribution >= 0.6 is 0 Å². The van der Waals surface area contributed by atoms with Crippen LogP contribution in [0.2, 0.25) is 0 Å². The summed E-state index contributed by atoms with van der Waals surface area (Å²) in [7, 11) is 0. The van der Waals surface area contributed by atoms with Gasteiger partial charge in [-0.15, -0.1) is 0 Å². The van der Waals surface area contributed by atoms with Crippen molar-refractivity contribution < 1.29 is 9.59 Å². The molecule has 2 fully saturated rings. The molecule has 2 amide bonds. The van der Waals surface area contributed by atoms with Crippen molar-refractivity contribution in [3.8, 4) is 0 Å². The van der Waals surface area contributed by atoms with Gasteiger partial charge in [0.1, 0.15) is 0 Å². The van der Waals surface area contributed by atoms with Crippen LogP contribution in [0.4, 0.5) is 0 Å². The quantitative estimate of drug-likeness (QED) is 0.877. The maximum Gasteiger partial charge on any atom is 0.237 e. The first-order valence-electron chi connectivity index (χ1n) is 9.31. The third kappa shape index (κ3) is 4.57. The van der Waals surface area contributed by atoms with E-state index < -0.39 is 0 Å². The summed E-state index contributed by atoms with van der Waals surface area (Å²) in [5.41, 5.74) is 1.06. The molecule has 1 atom stereocenters. The van der Waals surface area contributed by atoms with Crippen LogP contribution in [0.15, 0.2) is 24.5 Å². The average molecular weight is 344 g/mol. The second kappa shape index (κ2) is 8.43. The van der Waals surface area contributed by atoms with Gasteiger partial charge in [0.2, 0.25) is 11.8 Å². The van der Waals surface area contributed by atoms with E-state index in [0.717, 1.165) is 44.6 Å². The Kier molecular flexibility index (Phi) is 6.02. The molecule has 0 bridgehead atoms. The van der Waals surface area contributed by atoms with Crippen LogP contribution in [0.3, 0.4) is 0 Å². The second-order valence-electron chi connectivity index (χ2n) is 7.10. The third-order valence-corrected chi connectivity index (χ3v) is 5.48. The van der Waals surface area contributed by atoms with Gasteiger partial charge in [-0.05, 0) is 36.5 Å². The zero-order valence-corrected chi connectivity index (χ0v) is 15.0. The number of rotatable bonds is 5. The molecule has 2 heterocycles. The summed E-state index contributed by atoms with van der Waals surface area (Å²) in [4.78, 5) is 32.7. The maximum atomic E-state index is 13.0. The minimum atomic E-state index is -0.0709. The van der Waals surface area contributed by atoms with Crippen LogP contribution < -0.4 is 5.32 Å². The first-order valence-corrected chi connectivity index (χ1v) is 9.31. The molecule has 2 aliphatic rings. The van der Waals surface area contributed by atoms with Gasteiger partial charge in [-0.25, -0.2) is 0 Å². The zero-order valence-electron chi connectivity index (χ0n) is 15.0. The van der Waals surface area contributed by atoms with Gasteiger partial charge >= 0.3 is 0 Å². The molecule has 1 aromatic rings. The number of aromatic nitrogens is 1. The molecule has 3 rings (SSSR count). The van der Waals surface area contributed by atoms with Crippen LogP contribution in [-0.2, 0) is 16.1 Å². The first-order chi connectivity index (χ1) is 12.1. The van der Waals surface area contributed by atoms with Gasteiger partial charge in [0.15, 0.2) is 0 Å². The number of nitrogens with one attached hydrogen (secondary N) is 1. The number of piperazine rings is 1. The number of hydrogen-bond acceptors (Lipinski definition) is 4. The molecule has 0 aromatic carbocycles. The first kappa shape index (κ1) is 17.9. The SMILES string of the molecule is CC(=O)N1CCN(C(C(=O)NCc2ccncc2)C2CCCC2)CC1. The van der Waals surface area contributed by atoms with Gasteiger partial charge in [-0.3, -0.25) is 19.5 Å². The van der Waals surface area contributed by atoms with E-state index in [1.54, 1.807) is 19.3 Å². The fraction of sp³-hybridized carbons (Fsp3) is 0.632. The Morgan fingerprint density at radius 3 is 2.40 bits per heavy atom. The molecular weight excluding hydrogens is 316 g/mol. The Hall–Kier alpha value is -1.95. The largest absolute Gasteiger partial charge is 0.351 e. The highest BCUT2D eigenvalue weighted by atomic mass is 16.2. The van der Waals surface area contributed by atoms with Gasteiger partial charge in [-0.2, -0.15) is 0 Å². The van der Waals surface area contributed by atoms with Crippen molar-refractivity contribution in [3.05, 3.63) is 30.1 Å². The minimum absolute atomic E-state index is 0.0709. The molecule has 1 saturated carbocycles. The van der Waals surface area contributed by atoms with E-state index in [4.69, 9.17) is 0 Å². The standard InChI is InChI=1S/C19H28N4O2/c1-15(24)22-10-12-23(13-11-22)18(17-4-2-3-5-17)19(25)21-14-16-6-8-20-9-7-16/h6-9,17-18H,2-5,10-14H2,1H3,(H,21,25). The van der Waals surface area contributed by atoms with Crippen LogP contribution in [0.5, 0.6) is 0 Å². The number of nitrogens with zero attached hydrogens (tertiary/aromatic N) is 3. The smallest absolute Gasteiger partial charge is 0.237 e. The van der Waals surface area contributed by atoms with Crippen molar-refractivity contribution >= 4 is 11.8 Å². The van der Waals surface area contributed by atoms with Crippen molar-refractivity contribution in [3.63, 3.8) is 0 Å². The Labute approximate surface area is 149 Å². The molecule has 6 nitrogen and oxygen atoms in total. The molecule has 0 spiro atoms. The molecular formula is C19H28N4O2. The molecule has 136 valence electrons. The molecule has 1 saturated heterocycles. The highest BCUT2D eigenvalue weighted by Crippen LogP contribution is 2.31.